The lowest BCUT2D eigenvalue weighted by Crippen LogP contribution is -2.44. The molecule has 0 atom stereocenters. The average molecular weight is 248 g/mol. The number of nitrogens with one attached hydrogen (secondary N) is 1. The van der Waals surface area contributed by atoms with E-state index in [2.05, 4.69) is 5.32 Å². The summed E-state index contributed by atoms with van der Waals surface area (Å²) in [5.41, 5.74) is -0.329. The SMILES string of the molecule is CNCCC1(C=O)CCN(S(C)(=O)=O)CC1. The van der Waals surface area contributed by atoms with Crippen LogP contribution < -0.4 is 5.32 Å². The predicted octanol–water partition coefficient (Wildman–Crippen LogP) is -0.163. The Labute approximate surface area is 97.2 Å². The van der Waals surface area contributed by atoms with Crippen molar-refractivity contribution in [3.05, 3.63) is 0 Å². The summed E-state index contributed by atoms with van der Waals surface area (Å²) < 4.78 is 24.1. The van der Waals surface area contributed by atoms with E-state index in [-0.39, 0.29) is 5.41 Å². The van der Waals surface area contributed by atoms with Crippen molar-refractivity contribution >= 4 is 16.3 Å². The molecule has 0 spiro atoms. The third-order valence-corrected chi connectivity index (χ3v) is 4.61. The van der Waals surface area contributed by atoms with Crippen molar-refractivity contribution < 1.29 is 13.2 Å². The van der Waals surface area contributed by atoms with Gasteiger partial charge in [-0.2, -0.15) is 0 Å². The summed E-state index contributed by atoms with van der Waals surface area (Å²) in [5, 5.41) is 3.02. The summed E-state index contributed by atoms with van der Waals surface area (Å²) in [5.74, 6) is 0. The fourth-order valence-electron chi connectivity index (χ4n) is 2.06. The van der Waals surface area contributed by atoms with Crippen molar-refractivity contribution in [2.24, 2.45) is 5.41 Å². The third kappa shape index (κ3) is 3.26. The average Bonchev–Trinajstić information content (AvgIpc) is 2.26. The van der Waals surface area contributed by atoms with E-state index in [4.69, 9.17) is 0 Å². The molecule has 0 aromatic rings. The molecule has 1 aliphatic rings. The quantitative estimate of drug-likeness (QED) is 0.686. The molecule has 1 aliphatic heterocycles. The number of hydrogen-bond donors (Lipinski definition) is 1. The first-order valence-electron chi connectivity index (χ1n) is 5.50. The van der Waals surface area contributed by atoms with Gasteiger partial charge >= 0.3 is 0 Å². The first-order valence-corrected chi connectivity index (χ1v) is 7.34. The molecule has 0 bridgehead atoms. The molecular formula is C10H20N2O3S. The Morgan fingerprint density at radius 1 is 1.38 bits per heavy atom. The fourth-order valence-corrected chi connectivity index (χ4v) is 2.91. The van der Waals surface area contributed by atoms with Crippen molar-refractivity contribution in [3.63, 3.8) is 0 Å². The summed E-state index contributed by atoms with van der Waals surface area (Å²) in [6.45, 7) is 1.71. The van der Waals surface area contributed by atoms with Gasteiger partial charge in [0.15, 0.2) is 0 Å². The maximum absolute atomic E-state index is 11.3. The number of carbonyl (C=O) groups excluding carboxylic acids is 1. The zero-order chi connectivity index (χ0) is 12.2. The molecule has 0 amide bonds. The van der Waals surface area contributed by atoms with Gasteiger partial charge in [0, 0.05) is 18.5 Å². The standard InChI is InChI=1S/C10H20N2O3S/c1-11-6-3-10(9-13)4-7-12(8-5-10)16(2,14)15/h9,11H,3-8H2,1-2H3. The maximum atomic E-state index is 11.3. The molecule has 5 nitrogen and oxygen atoms in total. The van der Waals surface area contributed by atoms with Crippen LogP contribution in [0.3, 0.4) is 0 Å². The summed E-state index contributed by atoms with van der Waals surface area (Å²) >= 11 is 0. The molecule has 0 aliphatic carbocycles. The summed E-state index contributed by atoms with van der Waals surface area (Å²) in [4.78, 5) is 11.1. The van der Waals surface area contributed by atoms with Crippen molar-refractivity contribution in [1.82, 2.24) is 9.62 Å². The highest BCUT2D eigenvalue weighted by Gasteiger charge is 2.36. The number of sulfonamides is 1. The second-order valence-electron chi connectivity index (χ2n) is 4.50. The molecule has 6 heteroatoms. The predicted molar refractivity (Wildman–Crippen MR) is 62.7 cm³/mol. The molecular weight excluding hydrogens is 228 g/mol. The smallest absolute Gasteiger partial charge is 0.211 e. The van der Waals surface area contributed by atoms with Crippen LogP contribution >= 0.6 is 0 Å². The first kappa shape index (κ1) is 13.6. The van der Waals surface area contributed by atoms with Gasteiger partial charge in [0.05, 0.1) is 6.26 Å². The van der Waals surface area contributed by atoms with E-state index in [0.29, 0.717) is 25.9 Å². The van der Waals surface area contributed by atoms with E-state index in [0.717, 1.165) is 19.3 Å². The normalized spacial score (nSPS) is 21.9. The van der Waals surface area contributed by atoms with Crippen molar-refractivity contribution in [3.8, 4) is 0 Å². The molecule has 0 aromatic heterocycles. The number of hydrogen-bond acceptors (Lipinski definition) is 4. The zero-order valence-electron chi connectivity index (χ0n) is 9.90. The van der Waals surface area contributed by atoms with E-state index < -0.39 is 10.0 Å². The van der Waals surface area contributed by atoms with Crippen LogP contribution in [0, 0.1) is 5.41 Å². The van der Waals surface area contributed by atoms with Crippen molar-refractivity contribution in [2.75, 3.05) is 32.9 Å². The molecule has 0 saturated carbocycles. The van der Waals surface area contributed by atoms with Crippen LogP contribution in [0.25, 0.3) is 0 Å². The number of piperidine rings is 1. The lowest BCUT2D eigenvalue weighted by molar-refractivity contribution is -0.118. The van der Waals surface area contributed by atoms with Gasteiger partial charge in [0.25, 0.3) is 0 Å². The molecule has 94 valence electrons. The molecule has 1 saturated heterocycles. The summed E-state index contributed by atoms with van der Waals surface area (Å²) in [7, 11) is -1.25. The Balaban J connectivity index is 2.60. The highest BCUT2D eigenvalue weighted by Crippen LogP contribution is 2.33. The van der Waals surface area contributed by atoms with Crippen molar-refractivity contribution in [2.45, 2.75) is 19.3 Å². The fraction of sp³-hybridized carbons (Fsp3) is 0.900. The third-order valence-electron chi connectivity index (χ3n) is 3.31. The van der Waals surface area contributed by atoms with Gasteiger partial charge in [-0.1, -0.05) is 0 Å². The van der Waals surface area contributed by atoms with E-state index in [1.54, 1.807) is 0 Å². The van der Waals surface area contributed by atoms with E-state index >= 15 is 0 Å². The lowest BCUT2D eigenvalue weighted by Gasteiger charge is -2.37. The number of carbonyl (C=O) groups is 1. The lowest BCUT2D eigenvalue weighted by atomic mass is 9.77. The summed E-state index contributed by atoms with van der Waals surface area (Å²) in [6.07, 6.45) is 4.26. The van der Waals surface area contributed by atoms with Gasteiger partial charge in [0.2, 0.25) is 10.0 Å². The van der Waals surface area contributed by atoms with E-state index in [1.807, 2.05) is 7.05 Å². The Morgan fingerprint density at radius 3 is 2.31 bits per heavy atom. The van der Waals surface area contributed by atoms with Crippen molar-refractivity contribution in [1.29, 1.82) is 0 Å². The number of nitrogens with zero attached hydrogens (tertiary/aromatic N) is 1. The van der Waals surface area contributed by atoms with Crippen LogP contribution in [0.2, 0.25) is 0 Å². The monoisotopic (exact) mass is 248 g/mol. The molecule has 0 aromatic carbocycles. The topological polar surface area (TPSA) is 66.5 Å². The van der Waals surface area contributed by atoms with Crippen LogP contribution in [0.1, 0.15) is 19.3 Å². The first-order chi connectivity index (χ1) is 7.43. The molecule has 1 heterocycles. The second-order valence-corrected chi connectivity index (χ2v) is 6.48. The van der Waals surface area contributed by atoms with Gasteiger partial charge in [-0.25, -0.2) is 12.7 Å². The molecule has 0 unspecified atom stereocenters. The number of rotatable bonds is 5. The highest BCUT2D eigenvalue weighted by molar-refractivity contribution is 7.88. The van der Waals surface area contributed by atoms with Crippen LogP contribution in [0.4, 0.5) is 0 Å². The van der Waals surface area contributed by atoms with Gasteiger partial charge in [-0.3, -0.25) is 0 Å². The molecule has 1 fully saturated rings. The van der Waals surface area contributed by atoms with Gasteiger partial charge in [0.1, 0.15) is 6.29 Å². The van der Waals surface area contributed by atoms with Gasteiger partial charge in [-0.15, -0.1) is 0 Å². The molecule has 1 rings (SSSR count). The second kappa shape index (κ2) is 5.25. The van der Waals surface area contributed by atoms with Gasteiger partial charge < -0.3 is 10.1 Å². The van der Waals surface area contributed by atoms with Crippen LogP contribution in [0.5, 0.6) is 0 Å². The van der Waals surface area contributed by atoms with Crippen LogP contribution in [0.15, 0.2) is 0 Å². The molecule has 16 heavy (non-hydrogen) atoms. The van der Waals surface area contributed by atoms with Gasteiger partial charge in [-0.05, 0) is 32.9 Å². The highest BCUT2D eigenvalue weighted by atomic mass is 32.2. The largest absolute Gasteiger partial charge is 0.320 e. The Kier molecular flexibility index (Phi) is 4.46. The molecule has 1 N–H and O–H groups in total. The molecule has 0 radical (unpaired) electrons. The number of aldehydes is 1. The Bertz CT molecular complexity index is 332. The van der Waals surface area contributed by atoms with Crippen LogP contribution in [-0.4, -0.2) is 51.9 Å². The Morgan fingerprint density at radius 2 is 1.94 bits per heavy atom. The Hall–Kier alpha value is -0.460. The van der Waals surface area contributed by atoms with Crippen LogP contribution in [-0.2, 0) is 14.8 Å². The van der Waals surface area contributed by atoms with E-state index in [9.17, 15) is 13.2 Å². The minimum Gasteiger partial charge on any atom is -0.320 e. The zero-order valence-corrected chi connectivity index (χ0v) is 10.7. The minimum atomic E-state index is -3.10. The summed E-state index contributed by atoms with van der Waals surface area (Å²) in [6, 6.07) is 0. The van der Waals surface area contributed by atoms with E-state index in [1.165, 1.54) is 10.6 Å². The minimum absolute atomic E-state index is 0.329. The maximum Gasteiger partial charge on any atom is 0.211 e.